The maximum Gasteiger partial charge on any atom is 0.251 e. The molecule has 0 saturated carbocycles. The molecule has 0 bridgehead atoms. The molecule has 1 aromatic rings. The van der Waals surface area contributed by atoms with Crippen molar-refractivity contribution in [3.63, 3.8) is 0 Å². The Morgan fingerprint density at radius 3 is 2.76 bits per heavy atom. The third kappa shape index (κ3) is 3.30. The molecule has 3 heteroatoms. The average molecular weight is 232 g/mol. The van der Waals surface area contributed by atoms with Crippen LogP contribution in [0.5, 0.6) is 0 Å². The monoisotopic (exact) mass is 232 g/mol. The molecular formula is C14H20N2O. The van der Waals surface area contributed by atoms with Gasteiger partial charge < -0.3 is 10.6 Å². The van der Waals surface area contributed by atoms with E-state index in [4.69, 9.17) is 0 Å². The lowest BCUT2D eigenvalue weighted by Gasteiger charge is -2.10. The number of carbonyl (C=O) groups excluding carboxylic acids is 1. The summed E-state index contributed by atoms with van der Waals surface area (Å²) in [5, 5.41) is 6.30. The number of benzene rings is 1. The highest BCUT2D eigenvalue weighted by Gasteiger charge is 2.15. The van der Waals surface area contributed by atoms with Crippen LogP contribution in [0, 0.1) is 5.92 Å². The van der Waals surface area contributed by atoms with E-state index in [1.54, 1.807) is 0 Å². The first-order valence-electron chi connectivity index (χ1n) is 6.37. The zero-order valence-electron chi connectivity index (χ0n) is 10.3. The van der Waals surface area contributed by atoms with Crippen molar-refractivity contribution in [1.29, 1.82) is 0 Å². The second-order valence-electron chi connectivity index (χ2n) is 4.62. The molecule has 0 aliphatic carbocycles. The number of hydrogen-bond donors (Lipinski definition) is 2. The second kappa shape index (κ2) is 5.82. The quantitative estimate of drug-likeness (QED) is 0.827. The van der Waals surface area contributed by atoms with Gasteiger partial charge in [0.2, 0.25) is 0 Å². The van der Waals surface area contributed by atoms with Crippen LogP contribution >= 0.6 is 0 Å². The normalized spacial score (nSPS) is 19.2. The van der Waals surface area contributed by atoms with Gasteiger partial charge in [-0.15, -0.1) is 0 Å². The minimum Gasteiger partial charge on any atom is -0.352 e. The summed E-state index contributed by atoms with van der Waals surface area (Å²) in [6, 6.07) is 7.85. The molecule has 2 rings (SSSR count). The van der Waals surface area contributed by atoms with E-state index in [2.05, 4.69) is 17.6 Å². The van der Waals surface area contributed by atoms with Crippen LogP contribution in [0.1, 0.15) is 29.3 Å². The number of aryl methyl sites for hydroxylation is 1. The number of nitrogens with one attached hydrogen (secondary N) is 2. The molecular weight excluding hydrogens is 212 g/mol. The molecule has 92 valence electrons. The summed E-state index contributed by atoms with van der Waals surface area (Å²) in [4.78, 5) is 11.9. The highest BCUT2D eigenvalue weighted by Crippen LogP contribution is 2.07. The molecule has 1 amide bonds. The van der Waals surface area contributed by atoms with Gasteiger partial charge in [0.05, 0.1) is 0 Å². The largest absolute Gasteiger partial charge is 0.352 e. The smallest absolute Gasteiger partial charge is 0.251 e. The van der Waals surface area contributed by atoms with E-state index >= 15 is 0 Å². The van der Waals surface area contributed by atoms with E-state index < -0.39 is 0 Å². The standard InChI is InChI=1S/C14H20N2O/c1-2-11-3-5-13(6-4-11)14(17)16-10-12-7-8-15-9-12/h3-6,12,15H,2,7-10H2,1H3,(H,16,17). The fourth-order valence-corrected chi connectivity index (χ4v) is 2.12. The molecule has 1 aliphatic rings. The third-order valence-corrected chi connectivity index (χ3v) is 3.34. The van der Waals surface area contributed by atoms with Gasteiger partial charge in [-0.3, -0.25) is 4.79 Å². The van der Waals surface area contributed by atoms with Gasteiger partial charge in [0.1, 0.15) is 0 Å². The first-order chi connectivity index (χ1) is 8.29. The maximum absolute atomic E-state index is 11.9. The molecule has 1 heterocycles. The lowest BCUT2D eigenvalue weighted by atomic mass is 10.1. The molecule has 17 heavy (non-hydrogen) atoms. The van der Waals surface area contributed by atoms with Crippen molar-refractivity contribution >= 4 is 5.91 Å². The molecule has 1 aliphatic heterocycles. The van der Waals surface area contributed by atoms with Crippen molar-refractivity contribution in [2.75, 3.05) is 19.6 Å². The second-order valence-corrected chi connectivity index (χ2v) is 4.62. The number of rotatable bonds is 4. The Morgan fingerprint density at radius 1 is 1.41 bits per heavy atom. The third-order valence-electron chi connectivity index (χ3n) is 3.34. The molecule has 1 fully saturated rings. The van der Waals surface area contributed by atoms with Gasteiger partial charge in [-0.05, 0) is 49.5 Å². The van der Waals surface area contributed by atoms with Gasteiger partial charge >= 0.3 is 0 Å². The minimum absolute atomic E-state index is 0.0413. The predicted octanol–water partition coefficient (Wildman–Crippen LogP) is 1.59. The number of carbonyl (C=O) groups is 1. The molecule has 1 atom stereocenters. The Kier molecular flexibility index (Phi) is 4.15. The lowest BCUT2D eigenvalue weighted by molar-refractivity contribution is 0.0948. The fourth-order valence-electron chi connectivity index (χ4n) is 2.12. The Balaban J connectivity index is 1.85. The van der Waals surface area contributed by atoms with Crippen LogP contribution in [0.3, 0.4) is 0 Å². The summed E-state index contributed by atoms with van der Waals surface area (Å²) >= 11 is 0. The molecule has 1 aromatic carbocycles. The van der Waals surface area contributed by atoms with Crippen LogP contribution in [0.25, 0.3) is 0 Å². The van der Waals surface area contributed by atoms with Crippen molar-refractivity contribution in [2.24, 2.45) is 5.92 Å². The highest BCUT2D eigenvalue weighted by atomic mass is 16.1. The van der Waals surface area contributed by atoms with E-state index in [0.717, 1.165) is 38.0 Å². The van der Waals surface area contributed by atoms with Crippen molar-refractivity contribution in [1.82, 2.24) is 10.6 Å². The topological polar surface area (TPSA) is 41.1 Å². The predicted molar refractivity (Wildman–Crippen MR) is 69.1 cm³/mol. The molecule has 2 N–H and O–H groups in total. The summed E-state index contributed by atoms with van der Waals surface area (Å²) in [5.74, 6) is 0.633. The van der Waals surface area contributed by atoms with Gasteiger partial charge in [-0.2, -0.15) is 0 Å². The summed E-state index contributed by atoms with van der Waals surface area (Å²) < 4.78 is 0. The molecule has 0 radical (unpaired) electrons. The van der Waals surface area contributed by atoms with Gasteiger partial charge in [-0.25, -0.2) is 0 Å². The Labute approximate surface area is 103 Å². The van der Waals surface area contributed by atoms with E-state index in [1.807, 2.05) is 24.3 Å². The minimum atomic E-state index is 0.0413. The van der Waals surface area contributed by atoms with Crippen molar-refractivity contribution < 1.29 is 4.79 Å². The molecule has 1 saturated heterocycles. The van der Waals surface area contributed by atoms with Gasteiger partial charge in [-0.1, -0.05) is 19.1 Å². The summed E-state index contributed by atoms with van der Waals surface area (Å²) in [7, 11) is 0. The average Bonchev–Trinajstić information content (AvgIpc) is 2.89. The van der Waals surface area contributed by atoms with E-state index in [-0.39, 0.29) is 5.91 Å². The van der Waals surface area contributed by atoms with Crippen LogP contribution in [-0.2, 0) is 6.42 Å². The fraction of sp³-hybridized carbons (Fsp3) is 0.500. The Morgan fingerprint density at radius 2 is 2.18 bits per heavy atom. The Hall–Kier alpha value is -1.35. The first kappa shape index (κ1) is 12.1. The number of amides is 1. The highest BCUT2D eigenvalue weighted by molar-refractivity contribution is 5.94. The van der Waals surface area contributed by atoms with E-state index in [0.29, 0.717) is 5.92 Å². The van der Waals surface area contributed by atoms with E-state index in [1.165, 1.54) is 5.56 Å². The van der Waals surface area contributed by atoms with Crippen LogP contribution < -0.4 is 10.6 Å². The van der Waals surface area contributed by atoms with Crippen LogP contribution in [0.4, 0.5) is 0 Å². The zero-order chi connectivity index (χ0) is 12.1. The first-order valence-corrected chi connectivity index (χ1v) is 6.37. The molecule has 0 aromatic heterocycles. The van der Waals surface area contributed by atoms with Crippen molar-refractivity contribution in [2.45, 2.75) is 19.8 Å². The van der Waals surface area contributed by atoms with Crippen molar-refractivity contribution in [3.8, 4) is 0 Å². The SMILES string of the molecule is CCc1ccc(C(=O)NCC2CCNC2)cc1. The van der Waals surface area contributed by atoms with Crippen LogP contribution in [0.2, 0.25) is 0 Å². The van der Waals surface area contributed by atoms with Crippen molar-refractivity contribution in [3.05, 3.63) is 35.4 Å². The molecule has 3 nitrogen and oxygen atoms in total. The molecule has 1 unspecified atom stereocenters. The zero-order valence-corrected chi connectivity index (χ0v) is 10.3. The van der Waals surface area contributed by atoms with Crippen LogP contribution in [-0.4, -0.2) is 25.5 Å². The lowest BCUT2D eigenvalue weighted by Crippen LogP contribution is -2.30. The number of hydrogen-bond acceptors (Lipinski definition) is 2. The summed E-state index contributed by atoms with van der Waals surface area (Å²) in [6.07, 6.45) is 2.17. The maximum atomic E-state index is 11.9. The molecule has 0 spiro atoms. The summed E-state index contributed by atoms with van der Waals surface area (Å²) in [6.45, 7) is 4.99. The van der Waals surface area contributed by atoms with Gasteiger partial charge in [0.15, 0.2) is 0 Å². The Bertz CT molecular complexity index is 366. The van der Waals surface area contributed by atoms with Gasteiger partial charge in [0.25, 0.3) is 5.91 Å². The van der Waals surface area contributed by atoms with Crippen LogP contribution in [0.15, 0.2) is 24.3 Å². The summed E-state index contributed by atoms with van der Waals surface area (Å²) in [5.41, 5.74) is 2.02. The van der Waals surface area contributed by atoms with Gasteiger partial charge in [0, 0.05) is 12.1 Å². The van der Waals surface area contributed by atoms with E-state index in [9.17, 15) is 4.79 Å².